The van der Waals surface area contributed by atoms with Gasteiger partial charge < -0.3 is 5.73 Å². The predicted molar refractivity (Wildman–Crippen MR) is 151 cm³/mol. The maximum Gasteiger partial charge on any atom is 0.164 e. The molecule has 0 amide bonds. The Morgan fingerprint density at radius 3 is 1.16 bits per heavy atom. The number of benzene rings is 5. The van der Waals surface area contributed by atoms with Gasteiger partial charge in [0.2, 0.25) is 0 Å². The van der Waals surface area contributed by atoms with E-state index in [4.69, 9.17) is 20.7 Å². The molecule has 5 aromatic carbocycles. The minimum atomic E-state index is 0.607. The summed E-state index contributed by atoms with van der Waals surface area (Å²) >= 11 is 0. The number of rotatable bonds is 5. The van der Waals surface area contributed by atoms with Crippen LogP contribution in [0.3, 0.4) is 0 Å². The van der Waals surface area contributed by atoms with Crippen LogP contribution in [0, 0.1) is 0 Å². The van der Waals surface area contributed by atoms with Crippen LogP contribution in [0.25, 0.3) is 56.4 Å². The Bertz CT molecular complexity index is 1560. The van der Waals surface area contributed by atoms with Gasteiger partial charge in [-0.25, -0.2) is 15.0 Å². The number of nitrogen functional groups attached to an aromatic ring is 1. The lowest BCUT2D eigenvalue weighted by atomic mass is 10.0. The van der Waals surface area contributed by atoms with E-state index < -0.39 is 0 Å². The first-order valence-electron chi connectivity index (χ1n) is 12.2. The van der Waals surface area contributed by atoms with Crippen molar-refractivity contribution in [2.45, 2.75) is 0 Å². The molecule has 6 aromatic rings. The topological polar surface area (TPSA) is 64.7 Å². The van der Waals surface area contributed by atoms with Gasteiger partial charge in [0.1, 0.15) is 0 Å². The smallest absolute Gasteiger partial charge is 0.164 e. The molecule has 0 aliphatic carbocycles. The summed E-state index contributed by atoms with van der Waals surface area (Å²) in [6, 6.07) is 44.9. The fraction of sp³-hybridized carbons (Fsp3) is 0. The lowest BCUT2D eigenvalue weighted by molar-refractivity contribution is 1.07. The van der Waals surface area contributed by atoms with Crippen LogP contribution >= 0.6 is 0 Å². The maximum atomic E-state index is 5.94. The van der Waals surface area contributed by atoms with Crippen LogP contribution in [-0.2, 0) is 0 Å². The van der Waals surface area contributed by atoms with Crippen molar-refractivity contribution in [2.75, 3.05) is 5.73 Å². The van der Waals surface area contributed by atoms with Crippen LogP contribution in [0.1, 0.15) is 0 Å². The van der Waals surface area contributed by atoms with Crippen molar-refractivity contribution in [3.8, 4) is 56.4 Å². The summed E-state index contributed by atoms with van der Waals surface area (Å²) in [5.41, 5.74) is 13.9. The maximum absolute atomic E-state index is 5.94. The van der Waals surface area contributed by atoms with Crippen LogP contribution < -0.4 is 5.73 Å². The monoisotopic (exact) mass is 476 g/mol. The number of nitrogens with two attached hydrogens (primary N) is 1. The Morgan fingerprint density at radius 2 is 0.703 bits per heavy atom. The molecule has 4 heteroatoms. The van der Waals surface area contributed by atoms with E-state index in [-0.39, 0.29) is 0 Å². The zero-order chi connectivity index (χ0) is 25.0. The van der Waals surface area contributed by atoms with Crippen molar-refractivity contribution >= 4 is 5.69 Å². The van der Waals surface area contributed by atoms with Gasteiger partial charge >= 0.3 is 0 Å². The third kappa shape index (κ3) is 4.86. The van der Waals surface area contributed by atoms with Crippen molar-refractivity contribution < 1.29 is 0 Å². The van der Waals surface area contributed by atoms with Gasteiger partial charge in [-0.15, -0.1) is 0 Å². The third-order valence-electron chi connectivity index (χ3n) is 6.26. The van der Waals surface area contributed by atoms with Crippen molar-refractivity contribution in [3.63, 3.8) is 0 Å². The van der Waals surface area contributed by atoms with Crippen LogP contribution in [0.5, 0.6) is 0 Å². The summed E-state index contributed by atoms with van der Waals surface area (Å²) in [7, 11) is 0. The molecule has 0 radical (unpaired) electrons. The van der Waals surface area contributed by atoms with E-state index in [2.05, 4.69) is 48.5 Å². The second kappa shape index (κ2) is 9.88. The first kappa shape index (κ1) is 22.4. The Hall–Kier alpha value is -5.09. The highest BCUT2D eigenvalue weighted by Crippen LogP contribution is 2.30. The molecule has 0 aliphatic heterocycles. The lowest BCUT2D eigenvalue weighted by Gasteiger charge is -2.11. The SMILES string of the molecule is Nc1ccc(-c2nc(-c3cccc(-c4ccccc4)c3)nc(-c3cccc(-c4ccccc4)c3)n2)cc1. The average molecular weight is 477 g/mol. The van der Waals surface area contributed by atoms with Gasteiger partial charge in [0.25, 0.3) is 0 Å². The zero-order valence-corrected chi connectivity index (χ0v) is 20.1. The molecule has 0 aliphatic rings. The fourth-order valence-electron chi connectivity index (χ4n) is 4.33. The van der Waals surface area contributed by atoms with Gasteiger partial charge in [-0.1, -0.05) is 97.1 Å². The minimum Gasteiger partial charge on any atom is -0.399 e. The van der Waals surface area contributed by atoms with Crippen molar-refractivity contribution in [1.82, 2.24) is 15.0 Å². The molecule has 37 heavy (non-hydrogen) atoms. The number of hydrogen-bond donors (Lipinski definition) is 1. The molecule has 0 saturated carbocycles. The average Bonchev–Trinajstić information content (AvgIpc) is 2.98. The summed E-state index contributed by atoms with van der Waals surface area (Å²) < 4.78 is 0. The van der Waals surface area contributed by atoms with Gasteiger partial charge in [0, 0.05) is 22.4 Å². The molecule has 6 rings (SSSR count). The second-order valence-corrected chi connectivity index (χ2v) is 8.82. The molecule has 176 valence electrons. The van der Waals surface area contributed by atoms with Crippen LogP contribution in [0.4, 0.5) is 5.69 Å². The molecule has 1 aromatic heterocycles. The molecule has 0 fully saturated rings. The molecule has 4 nitrogen and oxygen atoms in total. The Labute approximate surface area is 216 Å². The number of nitrogens with zero attached hydrogens (tertiary/aromatic N) is 3. The van der Waals surface area contributed by atoms with Gasteiger partial charge in [-0.3, -0.25) is 0 Å². The second-order valence-electron chi connectivity index (χ2n) is 8.82. The molecule has 0 saturated heterocycles. The number of aromatic nitrogens is 3. The first-order valence-corrected chi connectivity index (χ1v) is 12.2. The Kier molecular flexibility index (Phi) is 5.97. The summed E-state index contributed by atoms with van der Waals surface area (Å²) in [4.78, 5) is 14.7. The van der Waals surface area contributed by atoms with E-state index in [1.165, 1.54) is 0 Å². The standard InChI is InChI=1S/C33H24N4/c34-30-19-17-25(18-20-30)31-35-32(28-15-7-13-26(21-28)23-9-3-1-4-10-23)37-33(36-31)29-16-8-14-27(22-29)24-11-5-2-6-12-24/h1-22H,34H2. The normalized spacial score (nSPS) is 10.8. The number of anilines is 1. The number of hydrogen-bond acceptors (Lipinski definition) is 4. The van der Waals surface area contributed by atoms with Gasteiger partial charge in [-0.05, 0) is 58.7 Å². The third-order valence-corrected chi connectivity index (χ3v) is 6.26. The van der Waals surface area contributed by atoms with Crippen molar-refractivity contribution in [2.24, 2.45) is 0 Å². The molecule has 0 unspecified atom stereocenters. The predicted octanol–water partition coefficient (Wildman–Crippen LogP) is 7.79. The summed E-state index contributed by atoms with van der Waals surface area (Å²) in [5, 5.41) is 0. The van der Waals surface area contributed by atoms with E-state index in [1.54, 1.807) is 0 Å². The Balaban J connectivity index is 1.50. The molecule has 0 atom stereocenters. The van der Waals surface area contributed by atoms with E-state index in [0.717, 1.165) is 38.9 Å². The molecule has 2 N–H and O–H groups in total. The summed E-state index contributed by atoms with van der Waals surface area (Å²) in [5.74, 6) is 1.86. The highest BCUT2D eigenvalue weighted by atomic mass is 15.0. The molecule has 0 spiro atoms. The van der Waals surface area contributed by atoms with E-state index in [0.29, 0.717) is 23.2 Å². The van der Waals surface area contributed by atoms with Crippen LogP contribution in [0.2, 0.25) is 0 Å². The molecule has 0 bridgehead atoms. The molecule has 1 heterocycles. The fourth-order valence-corrected chi connectivity index (χ4v) is 4.33. The highest BCUT2D eigenvalue weighted by molar-refractivity contribution is 5.74. The summed E-state index contributed by atoms with van der Waals surface area (Å²) in [6.45, 7) is 0. The largest absolute Gasteiger partial charge is 0.399 e. The van der Waals surface area contributed by atoms with E-state index in [9.17, 15) is 0 Å². The van der Waals surface area contributed by atoms with Crippen molar-refractivity contribution in [1.29, 1.82) is 0 Å². The minimum absolute atomic E-state index is 0.607. The van der Waals surface area contributed by atoms with Gasteiger partial charge in [-0.2, -0.15) is 0 Å². The van der Waals surface area contributed by atoms with Crippen molar-refractivity contribution in [3.05, 3.63) is 133 Å². The first-order chi connectivity index (χ1) is 18.2. The molecular weight excluding hydrogens is 452 g/mol. The van der Waals surface area contributed by atoms with Gasteiger partial charge in [0.15, 0.2) is 17.5 Å². The summed E-state index contributed by atoms with van der Waals surface area (Å²) in [6.07, 6.45) is 0. The zero-order valence-electron chi connectivity index (χ0n) is 20.1. The lowest BCUT2D eigenvalue weighted by Crippen LogP contribution is -2.00. The van der Waals surface area contributed by atoms with E-state index in [1.807, 2.05) is 84.9 Å². The van der Waals surface area contributed by atoms with Crippen LogP contribution in [-0.4, -0.2) is 15.0 Å². The van der Waals surface area contributed by atoms with Crippen LogP contribution in [0.15, 0.2) is 133 Å². The Morgan fingerprint density at radius 1 is 0.324 bits per heavy atom. The van der Waals surface area contributed by atoms with Gasteiger partial charge in [0.05, 0.1) is 0 Å². The highest BCUT2D eigenvalue weighted by Gasteiger charge is 2.13. The van der Waals surface area contributed by atoms with E-state index >= 15 is 0 Å². The quantitative estimate of drug-likeness (QED) is 0.258. The molecular formula is C33H24N4.